The van der Waals surface area contributed by atoms with Gasteiger partial charge in [-0.3, -0.25) is 9.59 Å². The summed E-state index contributed by atoms with van der Waals surface area (Å²) in [6.07, 6.45) is -3.31. The maximum absolute atomic E-state index is 13.5. The number of halogens is 3. The minimum Gasteiger partial charge on any atom is -0.388 e. The third-order valence-electron chi connectivity index (χ3n) is 7.78. The molecule has 0 spiro atoms. The van der Waals surface area contributed by atoms with Crippen molar-refractivity contribution in [2.75, 3.05) is 32.0 Å². The molecule has 2 aromatic heterocycles. The number of aryl methyl sites for hydroxylation is 1. The number of fused-ring (bicyclic) bond motifs is 1. The number of pyridine rings is 1. The van der Waals surface area contributed by atoms with Crippen LogP contribution in [0.2, 0.25) is 0 Å². The fourth-order valence-corrected chi connectivity index (χ4v) is 5.73. The standard InChI is InChI=1S/C28H36F3N5O2/c1-17-15-23(32-4)22(26(37)34-17)16-33-27(38)25-19(3)36(24-8-6-5-7-21(24)25)18(2)20-9-12-35(13-10-20)14-11-28(29,30)31/h5-8,15,18,20H,9-14,16H2,1-4H3,(H,33,38)(H2,32,34,37). The van der Waals surface area contributed by atoms with Gasteiger partial charge in [-0.1, -0.05) is 18.2 Å². The van der Waals surface area contributed by atoms with E-state index in [1.54, 1.807) is 14.0 Å². The Kier molecular flexibility index (Phi) is 8.20. The average molecular weight is 532 g/mol. The Hall–Kier alpha value is -3.27. The molecule has 7 nitrogen and oxygen atoms in total. The number of hydrogen-bond donors (Lipinski definition) is 3. The Morgan fingerprint density at radius 1 is 1.18 bits per heavy atom. The maximum atomic E-state index is 13.5. The van der Waals surface area contributed by atoms with Gasteiger partial charge in [0.15, 0.2) is 0 Å². The smallest absolute Gasteiger partial charge is 0.388 e. The van der Waals surface area contributed by atoms with Crippen LogP contribution in [0.5, 0.6) is 0 Å². The zero-order valence-corrected chi connectivity index (χ0v) is 22.3. The molecule has 1 aliphatic rings. The van der Waals surface area contributed by atoms with Crippen molar-refractivity contribution in [2.24, 2.45) is 5.92 Å². The van der Waals surface area contributed by atoms with E-state index < -0.39 is 12.6 Å². The van der Waals surface area contributed by atoms with Gasteiger partial charge in [-0.2, -0.15) is 13.2 Å². The van der Waals surface area contributed by atoms with E-state index in [0.29, 0.717) is 29.9 Å². The van der Waals surface area contributed by atoms with Crippen LogP contribution in [0.1, 0.15) is 59.5 Å². The molecule has 4 rings (SSSR count). The fraction of sp³-hybridized carbons (Fsp3) is 0.500. The molecule has 0 saturated carbocycles. The number of likely N-dealkylation sites (tertiary alicyclic amines) is 1. The molecular weight excluding hydrogens is 495 g/mol. The Labute approximate surface area is 220 Å². The van der Waals surface area contributed by atoms with Crippen molar-refractivity contribution in [1.29, 1.82) is 0 Å². The van der Waals surface area contributed by atoms with Crippen LogP contribution >= 0.6 is 0 Å². The van der Waals surface area contributed by atoms with Crippen LogP contribution in [-0.4, -0.2) is 53.2 Å². The number of aromatic nitrogens is 2. The van der Waals surface area contributed by atoms with Crippen LogP contribution in [0.15, 0.2) is 35.1 Å². The molecule has 1 unspecified atom stereocenters. The second-order valence-corrected chi connectivity index (χ2v) is 10.2. The first kappa shape index (κ1) is 27.8. The first-order valence-corrected chi connectivity index (χ1v) is 13.1. The van der Waals surface area contributed by atoms with E-state index in [0.717, 1.165) is 35.1 Å². The summed E-state index contributed by atoms with van der Waals surface area (Å²) in [5.41, 5.74) is 3.97. The SMILES string of the molecule is CNc1cc(C)[nH]c(=O)c1CNC(=O)c1c(C)n(C(C)C2CCN(CCC(F)(F)F)CC2)c2ccccc12. The number of para-hydroxylation sites is 1. The van der Waals surface area contributed by atoms with Crippen molar-refractivity contribution in [2.45, 2.75) is 58.8 Å². The molecule has 0 bridgehead atoms. The van der Waals surface area contributed by atoms with Crippen LogP contribution in [0.25, 0.3) is 10.9 Å². The summed E-state index contributed by atoms with van der Waals surface area (Å²) in [6, 6.07) is 9.67. The first-order valence-electron chi connectivity index (χ1n) is 13.1. The summed E-state index contributed by atoms with van der Waals surface area (Å²) in [5, 5.41) is 6.79. The number of amides is 1. The molecule has 3 aromatic rings. The highest BCUT2D eigenvalue weighted by Gasteiger charge is 2.32. The lowest BCUT2D eigenvalue weighted by Gasteiger charge is -2.36. The zero-order chi connectivity index (χ0) is 27.6. The molecule has 1 aliphatic heterocycles. The second-order valence-electron chi connectivity index (χ2n) is 10.2. The van der Waals surface area contributed by atoms with Gasteiger partial charge in [0.1, 0.15) is 0 Å². The number of anilines is 1. The van der Waals surface area contributed by atoms with Gasteiger partial charge >= 0.3 is 6.18 Å². The highest BCUT2D eigenvalue weighted by molar-refractivity contribution is 6.08. The van der Waals surface area contributed by atoms with Gasteiger partial charge < -0.3 is 25.1 Å². The lowest BCUT2D eigenvalue weighted by Crippen LogP contribution is -2.38. The van der Waals surface area contributed by atoms with Crippen LogP contribution < -0.4 is 16.2 Å². The molecule has 10 heteroatoms. The monoisotopic (exact) mass is 531 g/mol. The van der Waals surface area contributed by atoms with Gasteiger partial charge in [-0.15, -0.1) is 0 Å². The third kappa shape index (κ3) is 5.90. The van der Waals surface area contributed by atoms with Gasteiger partial charge in [-0.25, -0.2) is 0 Å². The molecule has 0 radical (unpaired) electrons. The Bertz CT molecular complexity index is 1350. The van der Waals surface area contributed by atoms with Crippen LogP contribution in [0.4, 0.5) is 18.9 Å². The van der Waals surface area contributed by atoms with E-state index in [-0.39, 0.29) is 36.5 Å². The topological polar surface area (TPSA) is 82.2 Å². The number of nitrogens with zero attached hydrogens (tertiary/aromatic N) is 2. The highest BCUT2D eigenvalue weighted by Crippen LogP contribution is 2.36. The van der Waals surface area contributed by atoms with Crippen LogP contribution in [-0.2, 0) is 6.54 Å². The predicted molar refractivity (Wildman–Crippen MR) is 144 cm³/mol. The maximum Gasteiger partial charge on any atom is 0.390 e. The molecule has 1 saturated heterocycles. The van der Waals surface area contributed by atoms with Crippen molar-refractivity contribution in [3.05, 3.63) is 63.2 Å². The quantitative estimate of drug-likeness (QED) is 0.376. The number of H-pyrrole nitrogens is 1. The Balaban J connectivity index is 1.54. The summed E-state index contributed by atoms with van der Waals surface area (Å²) >= 11 is 0. The van der Waals surface area contributed by atoms with Crippen LogP contribution in [0.3, 0.4) is 0 Å². The van der Waals surface area contributed by atoms with Crippen molar-refractivity contribution < 1.29 is 18.0 Å². The highest BCUT2D eigenvalue weighted by atomic mass is 19.4. The molecule has 1 fully saturated rings. The van der Waals surface area contributed by atoms with Gasteiger partial charge in [0.2, 0.25) is 0 Å². The summed E-state index contributed by atoms with van der Waals surface area (Å²) < 4.78 is 40.1. The van der Waals surface area contributed by atoms with E-state index in [2.05, 4.69) is 27.1 Å². The largest absolute Gasteiger partial charge is 0.390 e. The molecule has 206 valence electrons. The normalized spacial score (nSPS) is 16.1. The fourth-order valence-electron chi connectivity index (χ4n) is 5.73. The first-order chi connectivity index (χ1) is 18.0. The molecule has 1 amide bonds. The number of alkyl halides is 3. The molecule has 1 atom stereocenters. The molecule has 0 aliphatic carbocycles. The van der Waals surface area contributed by atoms with Gasteiger partial charge in [-0.05, 0) is 64.8 Å². The molecule has 38 heavy (non-hydrogen) atoms. The van der Waals surface area contributed by atoms with E-state index in [1.165, 1.54) is 0 Å². The number of hydrogen-bond acceptors (Lipinski definition) is 4. The van der Waals surface area contributed by atoms with Crippen molar-refractivity contribution >= 4 is 22.5 Å². The lowest BCUT2D eigenvalue weighted by molar-refractivity contribution is -0.138. The summed E-state index contributed by atoms with van der Waals surface area (Å²) in [7, 11) is 1.74. The van der Waals surface area contributed by atoms with E-state index in [9.17, 15) is 22.8 Å². The Morgan fingerprint density at radius 2 is 1.87 bits per heavy atom. The molecular formula is C28H36F3N5O2. The number of carbonyl (C=O) groups is 1. The number of nitrogens with one attached hydrogen (secondary N) is 3. The summed E-state index contributed by atoms with van der Waals surface area (Å²) in [5.74, 6) is 0.0282. The van der Waals surface area contributed by atoms with Crippen molar-refractivity contribution in [3.8, 4) is 0 Å². The van der Waals surface area contributed by atoms with Crippen LogP contribution in [0, 0.1) is 19.8 Å². The van der Waals surface area contributed by atoms with Crippen molar-refractivity contribution in [1.82, 2.24) is 19.8 Å². The zero-order valence-electron chi connectivity index (χ0n) is 22.3. The number of aromatic amines is 1. The number of carbonyl (C=O) groups excluding carboxylic acids is 1. The lowest BCUT2D eigenvalue weighted by atomic mass is 9.90. The van der Waals surface area contributed by atoms with Gasteiger partial charge in [0, 0.05) is 47.6 Å². The molecule has 3 N–H and O–H groups in total. The molecule has 3 heterocycles. The average Bonchev–Trinajstić information content (AvgIpc) is 3.17. The number of benzene rings is 1. The van der Waals surface area contributed by atoms with E-state index in [1.807, 2.05) is 42.2 Å². The van der Waals surface area contributed by atoms with E-state index >= 15 is 0 Å². The Morgan fingerprint density at radius 3 is 2.53 bits per heavy atom. The minimum atomic E-state index is -4.14. The second kappa shape index (κ2) is 11.2. The minimum absolute atomic E-state index is 0.0412. The van der Waals surface area contributed by atoms with E-state index in [4.69, 9.17) is 0 Å². The van der Waals surface area contributed by atoms with Gasteiger partial charge in [0.25, 0.3) is 11.5 Å². The van der Waals surface area contributed by atoms with Gasteiger partial charge in [0.05, 0.1) is 24.1 Å². The number of rotatable bonds is 8. The number of piperidine rings is 1. The summed E-state index contributed by atoms with van der Waals surface area (Å²) in [6.45, 7) is 7.25. The van der Waals surface area contributed by atoms with Crippen molar-refractivity contribution in [3.63, 3.8) is 0 Å². The third-order valence-corrected chi connectivity index (χ3v) is 7.78. The molecule has 1 aromatic carbocycles. The summed E-state index contributed by atoms with van der Waals surface area (Å²) in [4.78, 5) is 30.7. The predicted octanol–water partition coefficient (Wildman–Crippen LogP) is 5.14.